The molecule has 1 aromatic rings. The van der Waals surface area contributed by atoms with Crippen molar-refractivity contribution >= 4 is 28.8 Å². The summed E-state index contributed by atoms with van der Waals surface area (Å²) in [6.07, 6.45) is -0.648. The van der Waals surface area contributed by atoms with Crippen LogP contribution in [0.1, 0.15) is 6.92 Å². The molecule has 0 saturated heterocycles. The Morgan fingerprint density at radius 2 is 1.90 bits per heavy atom. The first-order chi connectivity index (χ1) is 9.51. The van der Waals surface area contributed by atoms with Gasteiger partial charge in [0, 0.05) is 19.2 Å². The van der Waals surface area contributed by atoms with E-state index in [-0.39, 0.29) is 18.2 Å². The van der Waals surface area contributed by atoms with Crippen LogP contribution < -0.4 is 15.4 Å². The van der Waals surface area contributed by atoms with Crippen molar-refractivity contribution in [2.75, 3.05) is 24.7 Å². The molecule has 0 aliphatic carbocycles. The molecular weight excluding hydrogens is 284 g/mol. The summed E-state index contributed by atoms with van der Waals surface area (Å²) in [5.41, 5.74) is 0.612. The van der Waals surface area contributed by atoms with Crippen LogP contribution in [0.2, 0.25) is 0 Å². The molecule has 0 spiro atoms. The smallest absolute Gasteiger partial charge is 0.410 e. The summed E-state index contributed by atoms with van der Waals surface area (Å²) in [5, 5.41) is 5.03. The van der Waals surface area contributed by atoms with E-state index in [0.717, 1.165) is 0 Å². The standard InChI is InChI=1S/C12H16N2O5S/c1-9(15)14-10-3-5-11(6-4-10)19-12(16)13-7-8-20(17)18-2/h3-6H,7-8H2,1-2H3,(H,13,16)(H,14,15). The Kier molecular flexibility index (Phi) is 6.68. The summed E-state index contributed by atoms with van der Waals surface area (Å²) >= 11 is -1.41. The Balaban J connectivity index is 2.38. The molecule has 1 unspecified atom stereocenters. The highest BCUT2D eigenvalue weighted by Crippen LogP contribution is 2.15. The second kappa shape index (κ2) is 8.28. The molecule has 110 valence electrons. The van der Waals surface area contributed by atoms with Crippen LogP contribution in [0.4, 0.5) is 10.5 Å². The first-order valence-electron chi connectivity index (χ1n) is 5.77. The molecule has 7 nitrogen and oxygen atoms in total. The molecule has 2 N–H and O–H groups in total. The highest BCUT2D eigenvalue weighted by atomic mass is 32.2. The zero-order valence-corrected chi connectivity index (χ0v) is 12.0. The lowest BCUT2D eigenvalue weighted by molar-refractivity contribution is -0.114. The highest BCUT2D eigenvalue weighted by Gasteiger charge is 2.05. The minimum Gasteiger partial charge on any atom is -0.410 e. The third-order valence-electron chi connectivity index (χ3n) is 2.11. The monoisotopic (exact) mass is 300 g/mol. The van der Waals surface area contributed by atoms with E-state index in [4.69, 9.17) is 4.74 Å². The van der Waals surface area contributed by atoms with Crippen LogP contribution in [-0.2, 0) is 20.1 Å². The molecule has 0 saturated carbocycles. The van der Waals surface area contributed by atoms with E-state index < -0.39 is 17.2 Å². The van der Waals surface area contributed by atoms with E-state index in [2.05, 4.69) is 14.8 Å². The topological polar surface area (TPSA) is 93.7 Å². The molecule has 0 heterocycles. The lowest BCUT2D eigenvalue weighted by Crippen LogP contribution is -2.30. The van der Waals surface area contributed by atoms with Crippen molar-refractivity contribution < 1.29 is 22.7 Å². The number of amides is 2. The second-order valence-corrected chi connectivity index (χ2v) is 5.05. The van der Waals surface area contributed by atoms with Crippen molar-refractivity contribution in [2.45, 2.75) is 6.92 Å². The van der Waals surface area contributed by atoms with Gasteiger partial charge in [0.25, 0.3) is 0 Å². The summed E-state index contributed by atoms with van der Waals surface area (Å²) in [7, 11) is 1.32. The number of anilines is 1. The van der Waals surface area contributed by atoms with Crippen LogP contribution in [0.25, 0.3) is 0 Å². The van der Waals surface area contributed by atoms with Crippen LogP contribution in [0, 0.1) is 0 Å². The fraction of sp³-hybridized carbons (Fsp3) is 0.333. The van der Waals surface area contributed by atoms with E-state index in [9.17, 15) is 13.8 Å². The third kappa shape index (κ3) is 6.30. The maximum absolute atomic E-state index is 11.4. The number of rotatable bonds is 6. The van der Waals surface area contributed by atoms with Gasteiger partial charge in [0.15, 0.2) is 11.1 Å². The van der Waals surface area contributed by atoms with Crippen molar-refractivity contribution in [1.29, 1.82) is 0 Å². The molecule has 2 amide bonds. The number of hydrogen-bond donors (Lipinski definition) is 2. The number of carbonyl (C=O) groups is 2. The van der Waals surface area contributed by atoms with Gasteiger partial charge in [-0.15, -0.1) is 0 Å². The number of benzene rings is 1. The van der Waals surface area contributed by atoms with Gasteiger partial charge in [-0.3, -0.25) is 8.98 Å². The molecule has 0 aliphatic rings. The van der Waals surface area contributed by atoms with Gasteiger partial charge < -0.3 is 15.4 Å². The molecule has 20 heavy (non-hydrogen) atoms. The summed E-state index contributed by atoms with van der Waals surface area (Å²) < 4.78 is 20.5. The van der Waals surface area contributed by atoms with Crippen LogP contribution >= 0.6 is 0 Å². The van der Waals surface area contributed by atoms with Crippen molar-refractivity contribution in [1.82, 2.24) is 5.32 Å². The summed E-state index contributed by atoms with van der Waals surface area (Å²) in [5.74, 6) is 0.347. The van der Waals surface area contributed by atoms with Gasteiger partial charge in [-0.25, -0.2) is 9.00 Å². The summed E-state index contributed by atoms with van der Waals surface area (Å²) in [4.78, 5) is 22.2. The Morgan fingerprint density at radius 1 is 1.25 bits per heavy atom. The van der Waals surface area contributed by atoms with E-state index in [1.165, 1.54) is 14.0 Å². The Morgan fingerprint density at radius 3 is 2.45 bits per heavy atom. The minimum atomic E-state index is -1.41. The van der Waals surface area contributed by atoms with Gasteiger partial charge in [-0.05, 0) is 24.3 Å². The maximum Gasteiger partial charge on any atom is 0.412 e. The van der Waals surface area contributed by atoms with Crippen molar-refractivity contribution in [3.8, 4) is 5.75 Å². The molecule has 0 bridgehead atoms. The van der Waals surface area contributed by atoms with Crippen LogP contribution in [-0.4, -0.2) is 35.6 Å². The average Bonchev–Trinajstić information content (AvgIpc) is 2.40. The molecule has 1 aromatic carbocycles. The zero-order valence-electron chi connectivity index (χ0n) is 11.2. The second-order valence-electron chi connectivity index (χ2n) is 3.70. The largest absolute Gasteiger partial charge is 0.412 e. The molecule has 0 radical (unpaired) electrons. The van der Waals surface area contributed by atoms with Gasteiger partial charge in [-0.2, -0.15) is 0 Å². The molecule has 0 aromatic heterocycles. The quantitative estimate of drug-likeness (QED) is 0.819. The number of nitrogens with one attached hydrogen (secondary N) is 2. The van der Waals surface area contributed by atoms with Crippen LogP contribution in [0.15, 0.2) is 24.3 Å². The Labute approximate surface area is 119 Å². The zero-order chi connectivity index (χ0) is 15.0. The normalized spacial score (nSPS) is 11.5. The fourth-order valence-electron chi connectivity index (χ4n) is 1.27. The van der Waals surface area contributed by atoms with E-state index in [1.54, 1.807) is 24.3 Å². The third-order valence-corrected chi connectivity index (χ3v) is 3.02. The number of hydrogen-bond acceptors (Lipinski definition) is 5. The molecule has 1 rings (SSSR count). The lowest BCUT2D eigenvalue weighted by Gasteiger charge is -2.07. The first kappa shape index (κ1) is 16.1. The molecule has 8 heteroatoms. The molecule has 1 atom stereocenters. The predicted molar refractivity (Wildman–Crippen MR) is 74.8 cm³/mol. The predicted octanol–water partition coefficient (Wildman–Crippen LogP) is 1.04. The van der Waals surface area contributed by atoms with Crippen LogP contribution in [0.5, 0.6) is 5.75 Å². The van der Waals surface area contributed by atoms with E-state index in [1.807, 2.05) is 0 Å². The van der Waals surface area contributed by atoms with Crippen LogP contribution in [0.3, 0.4) is 0 Å². The van der Waals surface area contributed by atoms with Crippen molar-refractivity contribution in [3.05, 3.63) is 24.3 Å². The lowest BCUT2D eigenvalue weighted by atomic mass is 10.3. The van der Waals surface area contributed by atoms with Gasteiger partial charge in [0.05, 0.1) is 12.9 Å². The SMILES string of the molecule is COS(=O)CCNC(=O)Oc1ccc(NC(C)=O)cc1. The molecule has 0 fully saturated rings. The van der Waals surface area contributed by atoms with Gasteiger partial charge in [-0.1, -0.05) is 0 Å². The average molecular weight is 300 g/mol. The van der Waals surface area contributed by atoms with Gasteiger partial charge in [0.2, 0.25) is 5.91 Å². The molecular formula is C12H16N2O5S. The maximum atomic E-state index is 11.4. The van der Waals surface area contributed by atoms with Gasteiger partial charge >= 0.3 is 6.09 Å². The summed E-state index contributed by atoms with van der Waals surface area (Å²) in [6.45, 7) is 1.59. The Bertz CT molecular complexity index is 489. The van der Waals surface area contributed by atoms with Gasteiger partial charge in [0.1, 0.15) is 5.75 Å². The first-order valence-corrected chi connectivity index (χ1v) is 7.02. The van der Waals surface area contributed by atoms with E-state index in [0.29, 0.717) is 11.4 Å². The van der Waals surface area contributed by atoms with E-state index >= 15 is 0 Å². The fourth-order valence-corrected chi connectivity index (χ4v) is 1.71. The molecule has 0 aliphatic heterocycles. The highest BCUT2D eigenvalue weighted by molar-refractivity contribution is 7.80. The number of carbonyl (C=O) groups excluding carboxylic acids is 2. The van der Waals surface area contributed by atoms with Crippen molar-refractivity contribution in [2.24, 2.45) is 0 Å². The minimum absolute atomic E-state index is 0.178. The number of ether oxygens (including phenoxy) is 1. The Hall–Kier alpha value is -1.93. The van der Waals surface area contributed by atoms with Crippen molar-refractivity contribution in [3.63, 3.8) is 0 Å². The summed E-state index contributed by atoms with van der Waals surface area (Å²) in [6, 6.07) is 6.34.